The molecule has 0 aliphatic carbocycles. The molecule has 1 heterocycles. The van der Waals surface area contributed by atoms with Gasteiger partial charge < -0.3 is 4.74 Å². The van der Waals surface area contributed by atoms with E-state index in [-0.39, 0.29) is 11.3 Å². The summed E-state index contributed by atoms with van der Waals surface area (Å²) in [6.07, 6.45) is 2.78. The van der Waals surface area contributed by atoms with E-state index < -0.39 is 11.6 Å². The van der Waals surface area contributed by atoms with Crippen LogP contribution in [0, 0.1) is 11.6 Å². The maximum absolute atomic E-state index is 13.5. The van der Waals surface area contributed by atoms with Crippen molar-refractivity contribution in [1.82, 2.24) is 10.2 Å². The molecule has 0 amide bonds. The molecule has 0 radical (unpaired) electrons. The molecule has 0 unspecified atom stereocenters. The third-order valence-electron chi connectivity index (χ3n) is 2.04. The predicted molar refractivity (Wildman–Crippen MR) is 50.5 cm³/mol. The number of aromatic amines is 1. The second-order valence-corrected chi connectivity index (χ2v) is 2.95. The molecule has 0 aliphatic heterocycles. The van der Waals surface area contributed by atoms with Crippen LogP contribution in [-0.4, -0.2) is 17.3 Å². The van der Waals surface area contributed by atoms with E-state index in [0.717, 1.165) is 12.1 Å². The van der Waals surface area contributed by atoms with Crippen molar-refractivity contribution in [3.8, 4) is 16.9 Å². The molecule has 1 aromatic heterocycles. The lowest BCUT2D eigenvalue weighted by Gasteiger charge is -2.05. The zero-order valence-electron chi connectivity index (χ0n) is 7.92. The Balaban J connectivity index is 2.58. The Bertz CT molecular complexity index is 445. The third kappa shape index (κ3) is 1.68. The van der Waals surface area contributed by atoms with Gasteiger partial charge in [0, 0.05) is 23.9 Å². The number of hydrogen-bond donors (Lipinski definition) is 1. The second-order valence-electron chi connectivity index (χ2n) is 2.95. The lowest BCUT2D eigenvalue weighted by atomic mass is 10.1. The van der Waals surface area contributed by atoms with Crippen LogP contribution in [0.15, 0.2) is 24.5 Å². The summed E-state index contributed by atoms with van der Waals surface area (Å²) in [6.45, 7) is 0. The van der Waals surface area contributed by atoms with Crippen molar-refractivity contribution in [2.45, 2.75) is 0 Å². The lowest BCUT2D eigenvalue weighted by molar-refractivity contribution is 0.407. The molecule has 0 spiro atoms. The molecule has 2 rings (SSSR count). The van der Waals surface area contributed by atoms with Crippen LogP contribution in [0.5, 0.6) is 5.75 Å². The molecule has 1 aromatic carbocycles. The maximum atomic E-state index is 13.5. The summed E-state index contributed by atoms with van der Waals surface area (Å²) in [5.41, 5.74) is 0.261. The Morgan fingerprint density at radius 3 is 2.40 bits per heavy atom. The lowest BCUT2D eigenvalue weighted by Crippen LogP contribution is -1.92. The summed E-state index contributed by atoms with van der Waals surface area (Å²) in [6, 6.07) is 2.26. The SMILES string of the molecule is COc1cc(F)c(-c2cn[nH]c2)c(F)c1. The Kier molecular flexibility index (Phi) is 2.37. The summed E-state index contributed by atoms with van der Waals surface area (Å²) in [5.74, 6) is -1.20. The van der Waals surface area contributed by atoms with Gasteiger partial charge in [0.1, 0.15) is 17.4 Å². The fourth-order valence-electron chi connectivity index (χ4n) is 1.33. The normalized spacial score (nSPS) is 10.3. The number of methoxy groups -OCH3 is 1. The van der Waals surface area contributed by atoms with Gasteiger partial charge in [0.25, 0.3) is 0 Å². The molecule has 0 atom stereocenters. The van der Waals surface area contributed by atoms with Gasteiger partial charge in [-0.25, -0.2) is 8.78 Å². The number of hydrogen-bond acceptors (Lipinski definition) is 2. The monoisotopic (exact) mass is 210 g/mol. The molecule has 0 fully saturated rings. The number of halogens is 2. The van der Waals surface area contributed by atoms with E-state index in [1.807, 2.05) is 0 Å². The van der Waals surface area contributed by atoms with Gasteiger partial charge >= 0.3 is 0 Å². The van der Waals surface area contributed by atoms with Crippen LogP contribution >= 0.6 is 0 Å². The van der Waals surface area contributed by atoms with Crippen LogP contribution in [0.4, 0.5) is 8.78 Å². The summed E-state index contributed by atoms with van der Waals surface area (Å²) in [5, 5.41) is 6.13. The summed E-state index contributed by atoms with van der Waals surface area (Å²) >= 11 is 0. The van der Waals surface area contributed by atoms with E-state index in [0.29, 0.717) is 5.56 Å². The number of H-pyrrole nitrogens is 1. The van der Waals surface area contributed by atoms with Crippen molar-refractivity contribution in [2.75, 3.05) is 7.11 Å². The van der Waals surface area contributed by atoms with Crippen molar-refractivity contribution in [2.24, 2.45) is 0 Å². The number of aromatic nitrogens is 2. The van der Waals surface area contributed by atoms with Gasteiger partial charge in [-0.2, -0.15) is 5.10 Å². The maximum Gasteiger partial charge on any atom is 0.137 e. The summed E-state index contributed by atoms with van der Waals surface area (Å²) in [4.78, 5) is 0. The van der Waals surface area contributed by atoms with Crippen LogP contribution in [-0.2, 0) is 0 Å². The minimum absolute atomic E-state index is 0.107. The first kappa shape index (κ1) is 9.64. The summed E-state index contributed by atoms with van der Waals surface area (Å²) in [7, 11) is 1.35. The number of rotatable bonds is 2. The van der Waals surface area contributed by atoms with Crippen LogP contribution in [0.1, 0.15) is 0 Å². The highest BCUT2D eigenvalue weighted by Crippen LogP contribution is 2.28. The first-order chi connectivity index (χ1) is 7.22. The Hall–Kier alpha value is -1.91. The molecule has 78 valence electrons. The average Bonchev–Trinajstić information content (AvgIpc) is 2.69. The highest BCUT2D eigenvalue weighted by atomic mass is 19.1. The molecule has 0 saturated heterocycles. The van der Waals surface area contributed by atoms with E-state index in [4.69, 9.17) is 4.74 Å². The molecule has 0 aliphatic rings. The zero-order chi connectivity index (χ0) is 10.8. The van der Waals surface area contributed by atoms with Crippen molar-refractivity contribution < 1.29 is 13.5 Å². The minimum Gasteiger partial charge on any atom is -0.497 e. The molecule has 1 N–H and O–H groups in total. The topological polar surface area (TPSA) is 37.9 Å². The molecule has 0 saturated carbocycles. The van der Waals surface area contributed by atoms with Gasteiger partial charge in [-0.3, -0.25) is 5.10 Å². The Morgan fingerprint density at radius 1 is 1.27 bits per heavy atom. The smallest absolute Gasteiger partial charge is 0.137 e. The second kappa shape index (κ2) is 3.68. The zero-order valence-corrected chi connectivity index (χ0v) is 7.92. The van der Waals surface area contributed by atoms with Gasteiger partial charge in [-0.05, 0) is 0 Å². The minimum atomic E-state index is -0.673. The number of nitrogens with one attached hydrogen (secondary N) is 1. The van der Waals surface area contributed by atoms with E-state index in [1.165, 1.54) is 19.5 Å². The standard InChI is InChI=1S/C10H8F2N2O/c1-15-7-2-8(11)10(9(12)3-7)6-4-13-14-5-6/h2-5H,1H3,(H,13,14). The largest absolute Gasteiger partial charge is 0.497 e. The first-order valence-electron chi connectivity index (χ1n) is 4.24. The van der Waals surface area contributed by atoms with Gasteiger partial charge in [-0.15, -0.1) is 0 Å². The first-order valence-corrected chi connectivity index (χ1v) is 4.24. The van der Waals surface area contributed by atoms with E-state index in [2.05, 4.69) is 10.2 Å². The van der Waals surface area contributed by atoms with E-state index in [9.17, 15) is 8.78 Å². The van der Waals surface area contributed by atoms with Crippen molar-refractivity contribution in [3.05, 3.63) is 36.2 Å². The van der Waals surface area contributed by atoms with E-state index in [1.54, 1.807) is 0 Å². The van der Waals surface area contributed by atoms with Crippen LogP contribution in [0.3, 0.4) is 0 Å². The molecule has 15 heavy (non-hydrogen) atoms. The quantitative estimate of drug-likeness (QED) is 0.826. The number of ether oxygens (including phenoxy) is 1. The van der Waals surface area contributed by atoms with E-state index >= 15 is 0 Å². The van der Waals surface area contributed by atoms with Gasteiger partial charge in [0.05, 0.1) is 18.9 Å². The molecule has 3 nitrogen and oxygen atoms in total. The summed E-state index contributed by atoms with van der Waals surface area (Å²) < 4.78 is 31.7. The predicted octanol–water partition coefficient (Wildman–Crippen LogP) is 2.36. The Morgan fingerprint density at radius 2 is 1.93 bits per heavy atom. The van der Waals surface area contributed by atoms with Gasteiger partial charge in [-0.1, -0.05) is 0 Å². The van der Waals surface area contributed by atoms with Gasteiger partial charge in [0.2, 0.25) is 0 Å². The highest BCUT2D eigenvalue weighted by Gasteiger charge is 2.14. The molecule has 2 aromatic rings. The van der Waals surface area contributed by atoms with Crippen molar-refractivity contribution in [1.29, 1.82) is 0 Å². The van der Waals surface area contributed by atoms with Gasteiger partial charge in [0.15, 0.2) is 0 Å². The number of nitrogens with zero attached hydrogens (tertiary/aromatic N) is 1. The Labute approximate surface area is 84.7 Å². The van der Waals surface area contributed by atoms with Crippen molar-refractivity contribution >= 4 is 0 Å². The molecular formula is C10H8F2N2O. The molecule has 0 bridgehead atoms. The fourth-order valence-corrected chi connectivity index (χ4v) is 1.33. The molecule has 5 heteroatoms. The fraction of sp³-hybridized carbons (Fsp3) is 0.100. The number of benzene rings is 1. The van der Waals surface area contributed by atoms with Crippen LogP contribution in [0.2, 0.25) is 0 Å². The highest BCUT2D eigenvalue weighted by molar-refractivity contribution is 5.64. The third-order valence-corrected chi connectivity index (χ3v) is 2.04. The van der Waals surface area contributed by atoms with Crippen LogP contribution < -0.4 is 4.74 Å². The average molecular weight is 210 g/mol. The molecular weight excluding hydrogens is 202 g/mol. The van der Waals surface area contributed by atoms with Crippen LogP contribution in [0.25, 0.3) is 11.1 Å². The van der Waals surface area contributed by atoms with Crippen molar-refractivity contribution in [3.63, 3.8) is 0 Å².